The first-order valence-corrected chi connectivity index (χ1v) is 9.36. The molecule has 146 valence electrons. The number of phenolic OH excluding ortho intramolecular Hbond substituents is 1. The van der Waals surface area contributed by atoms with E-state index in [4.69, 9.17) is 0 Å². The number of nitrogens with zero attached hydrogens (tertiary/aromatic N) is 3. The molecule has 1 aromatic carbocycles. The molecule has 0 saturated carbocycles. The molecule has 2 heterocycles. The second-order valence-corrected chi connectivity index (χ2v) is 7.97. The maximum absolute atomic E-state index is 12.9. The summed E-state index contributed by atoms with van der Waals surface area (Å²) in [6.45, 7) is 7.19. The van der Waals surface area contributed by atoms with E-state index in [1.165, 1.54) is 18.0 Å². The van der Waals surface area contributed by atoms with E-state index in [0.717, 1.165) is 5.56 Å². The first-order valence-electron chi connectivity index (χ1n) is 9.36. The molecule has 0 aromatic heterocycles. The lowest BCUT2D eigenvalue weighted by atomic mass is 9.85. The predicted octanol–water partition coefficient (Wildman–Crippen LogP) is 2.23. The number of phenols is 1. The number of benzene rings is 1. The monoisotopic (exact) mass is 373 g/mol. The molecule has 27 heavy (non-hydrogen) atoms. The molecule has 2 aliphatic rings. The zero-order valence-corrected chi connectivity index (χ0v) is 16.4. The highest BCUT2D eigenvalue weighted by Crippen LogP contribution is 2.37. The Labute approximate surface area is 159 Å². The van der Waals surface area contributed by atoms with Gasteiger partial charge >= 0.3 is 6.03 Å². The Hall–Kier alpha value is -2.57. The van der Waals surface area contributed by atoms with Crippen LogP contribution in [0.25, 0.3) is 0 Å². The van der Waals surface area contributed by atoms with Crippen LogP contribution < -0.4 is 0 Å². The first kappa shape index (κ1) is 19.2. The first-order chi connectivity index (χ1) is 12.7. The Morgan fingerprint density at radius 2 is 1.85 bits per heavy atom. The van der Waals surface area contributed by atoms with Gasteiger partial charge in [-0.05, 0) is 43.4 Å². The highest BCUT2D eigenvalue weighted by molar-refractivity contribution is 6.07. The second-order valence-electron chi connectivity index (χ2n) is 7.97. The van der Waals surface area contributed by atoms with Crippen molar-refractivity contribution in [1.29, 1.82) is 0 Å². The van der Waals surface area contributed by atoms with Crippen molar-refractivity contribution in [3.05, 3.63) is 29.3 Å². The van der Waals surface area contributed by atoms with E-state index in [0.29, 0.717) is 38.0 Å². The quantitative estimate of drug-likeness (QED) is 0.824. The van der Waals surface area contributed by atoms with Gasteiger partial charge in [0.2, 0.25) is 0 Å². The van der Waals surface area contributed by atoms with Crippen LogP contribution in [-0.2, 0) is 4.79 Å². The summed E-state index contributed by atoms with van der Waals surface area (Å²) in [6.07, 6.45) is 0.858. The average molecular weight is 373 g/mol. The number of likely N-dealkylation sites (N-methyl/N-ethyl adjacent to an activating group) is 1. The van der Waals surface area contributed by atoms with E-state index >= 15 is 0 Å². The van der Waals surface area contributed by atoms with Gasteiger partial charge in [-0.3, -0.25) is 14.5 Å². The number of amides is 4. The number of carbonyl (C=O) groups excluding carboxylic acids is 3. The van der Waals surface area contributed by atoms with Crippen LogP contribution in [0.1, 0.15) is 42.6 Å². The molecule has 1 spiro atoms. The van der Waals surface area contributed by atoms with Gasteiger partial charge in [0.15, 0.2) is 0 Å². The number of piperidine rings is 1. The van der Waals surface area contributed by atoms with Gasteiger partial charge in [-0.15, -0.1) is 0 Å². The Kier molecular flexibility index (Phi) is 4.88. The molecule has 0 aliphatic carbocycles. The number of rotatable bonds is 3. The van der Waals surface area contributed by atoms with Gasteiger partial charge in [0.1, 0.15) is 11.3 Å². The molecule has 0 unspecified atom stereocenters. The minimum absolute atomic E-state index is 0.0544. The highest BCUT2D eigenvalue weighted by Gasteiger charge is 2.57. The van der Waals surface area contributed by atoms with E-state index < -0.39 is 5.54 Å². The van der Waals surface area contributed by atoms with Crippen molar-refractivity contribution in [3.8, 4) is 5.75 Å². The van der Waals surface area contributed by atoms with Crippen LogP contribution in [0.3, 0.4) is 0 Å². The van der Waals surface area contributed by atoms with Gasteiger partial charge in [-0.2, -0.15) is 0 Å². The third-order valence-corrected chi connectivity index (χ3v) is 5.61. The number of hydrogen-bond acceptors (Lipinski definition) is 4. The average Bonchev–Trinajstić information content (AvgIpc) is 2.80. The molecule has 3 rings (SSSR count). The molecular formula is C20H27N3O4. The van der Waals surface area contributed by atoms with Crippen LogP contribution >= 0.6 is 0 Å². The van der Waals surface area contributed by atoms with Gasteiger partial charge < -0.3 is 14.9 Å². The van der Waals surface area contributed by atoms with Gasteiger partial charge in [0.25, 0.3) is 11.8 Å². The van der Waals surface area contributed by atoms with Crippen LogP contribution in [0.5, 0.6) is 5.75 Å². The standard InChI is InChI=1S/C20H27N3O4/c1-13(2)12-23-19(27)21(4)18(26)20(23)7-9-22(10-8-20)17(25)16-11-15(24)6-5-14(16)3/h5-6,11,13,24H,7-10,12H2,1-4H3. The molecule has 0 radical (unpaired) electrons. The Morgan fingerprint density at radius 3 is 2.44 bits per heavy atom. The number of carbonyl (C=O) groups is 3. The molecular weight excluding hydrogens is 346 g/mol. The van der Waals surface area contributed by atoms with Gasteiger partial charge in [-0.25, -0.2) is 4.79 Å². The molecule has 1 N–H and O–H groups in total. The third kappa shape index (κ3) is 3.15. The van der Waals surface area contributed by atoms with E-state index in [1.807, 2.05) is 20.8 Å². The summed E-state index contributed by atoms with van der Waals surface area (Å²) in [4.78, 5) is 42.9. The van der Waals surface area contributed by atoms with Crippen LogP contribution in [-0.4, -0.2) is 69.9 Å². The van der Waals surface area contributed by atoms with Crippen LogP contribution in [0.15, 0.2) is 18.2 Å². The van der Waals surface area contributed by atoms with Crippen molar-refractivity contribution in [2.45, 2.75) is 39.2 Å². The molecule has 2 fully saturated rings. The SMILES string of the molecule is Cc1ccc(O)cc1C(=O)N1CCC2(CC1)C(=O)N(C)C(=O)N2CC(C)C. The summed E-state index contributed by atoms with van der Waals surface area (Å²) in [7, 11) is 1.53. The van der Waals surface area contributed by atoms with E-state index in [9.17, 15) is 19.5 Å². The number of urea groups is 1. The molecule has 2 aliphatic heterocycles. The van der Waals surface area contributed by atoms with Crippen molar-refractivity contribution in [3.63, 3.8) is 0 Å². The van der Waals surface area contributed by atoms with Crippen LogP contribution in [0.2, 0.25) is 0 Å². The summed E-state index contributed by atoms with van der Waals surface area (Å²) in [5.74, 6) is -0.0222. The predicted molar refractivity (Wildman–Crippen MR) is 100 cm³/mol. The lowest BCUT2D eigenvalue weighted by Crippen LogP contribution is -2.58. The molecule has 1 aromatic rings. The van der Waals surface area contributed by atoms with Crippen molar-refractivity contribution in [1.82, 2.24) is 14.7 Å². The number of imide groups is 1. The minimum Gasteiger partial charge on any atom is -0.508 e. The Bertz CT molecular complexity index is 781. The summed E-state index contributed by atoms with van der Waals surface area (Å²) in [5.41, 5.74) is 0.420. The van der Waals surface area contributed by atoms with E-state index in [1.54, 1.807) is 21.9 Å². The minimum atomic E-state index is -0.846. The lowest BCUT2D eigenvalue weighted by Gasteiger charge is -2.42. The lowest BCUT2D eigenvalue weighted by molar-refractivity contribution is -0.134. The van der Waals surface area contributed by atoms with Crippen molar-refractivity contribution in [2.75, 3.05) is 26.7 Å². The van der Waals surface area contributed by atoms with Gasteiger partial charge in [-0.1, -0.05) is 19.9 Å². The number of aryl methyl sites for hydroxylation is 1. The smallest absolute Gasteiger partial charge is 0.327 e. The molecule has 0 atom stereocenters. The van der Waals surface area contributed by atoms with Crippen LogP contribution in [0, 0.1) is 12.8 Å². The fourth-order valence-electron chi connectivity index (χ4n) is 4.07. The topological polar surface area (TPSA) is 81.2 Å². The van der Waals surface area contributed by atoms with Crippen molar-refractivity contribution < 1.29 is 19.5 Å². The van der Waals surface area contributed by atoms with Crippen LogP contribution in [0.4, 0.5) is 4.79 Å². The van der Waals surface area contributed by atoms with Gasteiger partial charge in [0.05, 0.1) is 0 Å². The summed E-state index contributed by atoms with van der Waals surface area (Å²) < 4.78 is 0. The number of hydrogen-bond donors (Lipinski definition) is 1. The summed E-state index contributed by atoms with van der Waals surface area (Å²) >= 11 is 0. The highest BCUT2D eigenvalue weighted by atomic mass is 16.3. The summed E-state index contributed by atoms with van der Waals surface area (Å²) in [5, 5.41) is 9.70. The zero-order chi connectivity index (χ0) is 19.9. The molecule has 7 nitrogen and oxygen atoms in total. The maximum atomic E-state index is 12.9. The molecule has 2 saturated heterocycles. The third-order valence-electron chi connectivity index (χ3n) is 5.61. The van der Waals surface area contributed by atoms with E-state index in [-0.39, 0.29) is 29.5 Å². The van der Waals surface area contributed by atoms with Gasteiger partial charge in [0, 0.05) is 32.2 Å². The van der Waals surface area contributed by atoms with Crippen molar-refractivity contribution in [2.24, 2.45) is 5.92 Å². The fourth-order valence-corrected chi connectivity index (χ4v) is 4.07. The second kappa shape index (κ2) is 6.87. The molecule has 7 heteroatoms. The normalized spacial score (nSPS) is 19.5. The molecule has 0 bridgehead atoms. The molecule has 4 amide bonds. The zero-order valence-electron chi connectivity index (χ0n) is 16.4. The number of aromatic hydroxyl groups is 1. The number of likely N-dealkylation sites (tertiary alicyclic amines) is 1. The van der Waals surface area contributed by atoms with E-state index in [2.05, 4.69) is 0 Å². The summed E-state index contributed by atoms with van der Waals surface area (Å²) in [6, 6.07) is 4.49. The van der Waals surface area contributed by atoms with Crippen molar-refractivity contribution >= 4 is 17.8 Å². The largest absolute Gasteiger partial charge is 0.508 e. The maximum Gasteiger partial charge on any atom is 0.327 e. The fraction of sp³-hybridized carbons (Fsp3) is 0.550. The Morgan fingerprint density at radius 1 is 1.22 bits per heavy atom. The Balaban J connectivity index is 1.80.